The van der Waals surface area contributed by atoms with Crippen LogP contribution in [0.3, 0.4) is 0 Å². The van der Waals surface area contributed by atoms with E-state index in [2.05, 4.69) is 5.32 Å². The van der Waals surface area contributed by atoms with Gasteiger partial charge in [-0.15, -0.1) is 0 Å². The Kier molecular flexibility index (Phi) is 4.47. The summed E-state index contributed by atoms with van der Waals surface area (Å²) in [6.45, 7) is 5.85. The van der Waals surface area contributed by atoms with Crippen molar-refractivity contribution < 1.29 is 17.6 Å². The van der Waals surface area contributed by atoms with E-state index in [0.717, 1.165) is 17.1 Å². The van der Waals surface area contributed by atoms with Gasteiger partial charge < -0.3 is 9.73 Å². The van der Waals surface area contributed by atoms with Crippen LogP contribution in [0.5, 0.6) is 0 Å². The fourth-order valence-corrected chi connectivity index (χ4v) is 3.11. The first-order valence-electron chi connectivity index (χ1n) is 7.17. The minimum absolute atomic E-state index is 0.111. The van der Waals surface area contributed by atoms with Crippen LogP contribution in [0.25, 0.3) is 0 Å². The van der Waals surface area contributed by atoms with Gasteiger partial charge in [-0.1, -0.05) is 0 Å². The summed E-state index contributed by atoms with van der Waals surface area (Å²) in [4.78, 5) is 0. The van der Waals surface area contributed by atoms with Crippen molar-refractivity contribution in [2.75, 3.05) is 0 Å². The minimum Gasteiger partial charge on any atom is -0.466 e. The van der Waals surface area contributed by atoms with Crippen molar-refractivity contribution in [1.82, 2.24) is 5.32 Å². The summed E-state index contributed by atoms with van der Waals surface area (Å²) in [5.41, 5.74) is 1.10. The Bertz CT molecular complexity index is 444. The molecule has 1 aliphatic rings. The largest absolute Gasteiger partial charge is 0.466 e. The highest BCUT2D eigenvalue weighted by molar-refractivity contribution is 5.23. The molecule has 1 unspecified atom stereocenters. The normalized spacial score (nSPS) is 25.7. The summed E-state index contributed by atoms with van der Waals surface area (Å²) in [6, 6.07) is 2.27. The van der Waals surface area contributed by atoms with Crippen LogP contribution in [-0.4, -0.2) is 12.2 Å². The van der Waals surface area contributed by atoms with Crippen LogP contribution in [0.2, 0.25) is 0 Å². The second-order valence-corrected chi connectivity index (χ2v) is 5.85. The van der Waals surface area contributed by atoms with Crippen LogP contribution in [0.4, 0.5) is 13.2 Å². The predicted molar refractivity (Wildman–Crippen MR) is 71.5 cm³/mol. The van der Waals surface area contributed by atoms with Crippen LogP contribution in [-0.2, 0) is 0 Å². The van der Waals surface area contributed by atoms with Gasteiger partial charge in [-0.25, -0.2) is 0 Å². The molecule has 20 heavy (non-hydrogen) atoms. The molecule has 0 saturated heterocycles. The zero-order valence-corrected chi connectivity index (χ0v) is 12.2. The molecule has 1 aromatic heterocycles. The Hall–Kier alpha value is -0.970. The van der Waals surface area contributed by atoms with E-state index < -0.39 is 12.1 Å². The SMILES string of the molecule is Cc1cc(C(C)NC2CCC(C(F)(F)F)CC2)c(C)o1. The second-order valence-electron chi connectivity index (χ2n) is 5.85. The molecule has 1 saturated carbocycles. The van der Waals surface area contributed by atoms with E-state index in [-0.39, 0.29) is 24.9 Å². The highest BCUT2D eigenvalue weighted by Crippen LogP contribution is 2.38. The summed E-state index contributed by atoms with van der Waals surface area (Å²) < 4.78 is 43.4. The first-order chi connectivity index (χ1) is 9.27. The Labute approximate surface area is 117 Å². The third-order valence-corrected chi connectivity index (χ3v) is 4.22. The van der Waals surface area contributed by atoms with Gasteiger partial charge in [0.1, 0.15) is 11.5 Å². The van der Waals surface area contributed by atoms with Gasteiger partial charge in [0, 0.05) is 17.6 Å². The lowest BCUT2D eigenvalue weighted by Gasteiger charge is -2.32. The first kappa shape index (κ1) is 15.4. The Morgan fingerprint density at radius 2 is 1.80 bits per heavy atom. The number of nitrogens with one attached hydrogen (secondary N) is 1. The Balaban J connectivity index is 1.88. The second kappa shape index (κ2) is 5.80. The average Bonchev–Trinajstić information content (AvgIpc) is 2.68. The highest BCUT2D eigenvalue weighted by atomic mass is 19.4. The molecule has 1 fully saturated rings. The number of rotatable bonds is 3. The van der Waals surface area contributed by atoms with Crippen molar-refractivity contribution in [3.63, 3.8) is 0 Å². The fourth-order valence-electron chi connectivity index (χ4n) is 3.11. The van der Waals surface area contributed by atoms with Crippen molar-refractivity contribution in [1.29, 1.82) is 0 Å². The monoisotopic (exact) mass is 289 g/mol. The van der Waals surface area contributed by atoms with Gasteiger partial charge in [0.15, 0.2) is 0 Å². The molecular formula is C15H22F3NO. The number of alkyl halides is 3. The molecule has 2 rings (SSSR count). The summed E-state index contributed by atoms with van der Waals surface area (Å²) >= 11 is 0. The van der Waals surface area contributed by atoms with E-state index in [1.54, 1.807) is 0 Å². The van der Waals surface area contributed by atoms with E-state index in [1.807, 2.05) is 26.8 Å². The summed E-state index contributed by atoms with van der Waals surface area (Å²) in [5.74, 6) is 0.632. The summed E-state index contributed by atoms with van der Waals surface area (Å²) in [6.07, 6.45) is -2.39. The summed E-state index contributed by atoms with van der Waals surface area (Å²) in [5, 5.41) is 3.43. The number of aryl methyl sites for hydroxylation is 2. The molecule has 0 radical (unpaired) electrons. The maximum Gasteiger partial charge on any atom is 0.391 e. The number of halogens is 3. The van der Waals surface area contributed by atoms with Gasteiger partial charge in [0.05, 0.1) is 5.92 Å². The average molecular weight is 289 g/mol. The van der Waals surface area contributed by atoms with Gasteiger partial charge in [-0.2, -0.15) is 13.2 Å². The van der Waals surface area contributed by atoms with Crippen LogP contribution in [0.1, 0.15) is 55.7 Å². The maximum absolute atomic E-state index is 12.6. The smallest absolute Gasteiger partial charge is 0.391 e. The van der Waals surface area contributed by atoms with Gasteiger partial charge in [-0.3, -0.25) is 0 Å². The molecule has 1 heterocycles. The van der Waals surface area contributed by atoms with E-state index in [4.69, 9.17) is 4.42 Å². The van der Waals surface area contributed by atoms with Crippen LogP contribution in [0.15, 0.2) is 10.5 Å². The standard InChI is InChI=1S/C15H22F3NO/c1-9-8-14(11(3)20-9)10(2)19-13-6-4-12(5-7-13)15(16,17)18/h8,10,12-13,19H,4-7H2,1-3H3. The predicted octanol–water partition coefficient (Wildman–Crippen LogP) is 4.67. The van der Waals surface area contributed by atoms with Crippen molar-refractivity contribution in [3.05, 3.63) is 23.2 Å². The molecule has 1 aliphatic carbocycles. The molecule has 0 bridgehead atoms. The molecule has 0 spiro atoms. The molecule has 5 heteroatoms. The highest BCUT2D eigenvalue weighted by Gasteiger charge is 2.41. The van der Waals surface area contributed by atoms with Crippen LogP contribution in [0, 0.1) is 19.8 Å². The van der Waals surface area contributed by atoms with Crippen molar-refractivity contribution in [2.24, 2.45) is 5.92 Å². The lowest BCUT2D eigenvalue weighted by atomic mass is 9.85. The van der Waals surface area contributed by atoms with Crippen molar-refractivity contribution in [3.8, 4) is 0 Å². The Morgan fingerprint density at radius 1 is 1.20 bits per heavy atom. The topological polar surface area (TPSA) is 25.2 Å². The van der Waals surface area contributed by atoms with E-state index in [1.165, 1.54) is 0 Å². The number of furan rings is 1. The molecule has 0 aromatic carbocycles. The number of hydrogen-bond donors (Lipinski definition) is 1. The molecule has 0 aliphatic heterocycles. The summed E-state index contributed by atoms with van der Waals surface area (Å²) in [7, 11) is 0. The minimum atomic E-state index is -4.03. The first-order valence-corrected chi connectivity index (χ1v) is 7.17. The number of hydrogen-bond acceptors (Lipinski definition) is 2. The zero-order chi connectivity index (χ0) is 14.9. The van der Waals surface area contributed by atoms with Gasteiger partial charge in [-0.05, 0) is 52.5 Å². The van der Waals surface area contributed by atoms with Gasteiger partial charge in [0.25, 0.3) is 0 Å². The van der Waals surface area contributed by atoms with Gasteiger partial charge >= 0.3 is 6.18 Å². The molecule has 1 N–H and O–H groups in total. The molecule has 0 amide bonds. The molecular weight excluding hydrogens is 267 g/mol. The van der Waals surface area contributed by atoms with Gasteiger partial charge in [0.2, 0.25) is 0 Å². The maximum atomic E-state index is 12.6. The molecule has 1 atom stereocenters. The third kappa shape index (κ3) is 3.57. The van der Waals surface area contributed by atoms with E-state index >= 15 is 0 Å². The van der Waals surface area contributed by atoms with E-state index in [0.29, 0.717) is 12.8 Å². The van der Waals surface area contributed by atoms with Crippen LogP contribution >= 0.6 is 0 Å². The third-order valence-electron chi connectivity index (χ3n) is 4.22. The van der Waals surface area contributed by atoms with E-state index in [9.17, 15) is 13.2 Å². The Morgan fingerprint density at radius 3 is 2.25 bits per heavy atom. The lowest BCUT2D eigenvalue weighted by Crippen LogP contribution is -2.38. The molecule has 1 aromatic rings. The molecule has 114 valence electrons. The van der Waals surface area contributed by atoms with Crippen LogP contribution < -0.4 is 5.32 Å². The quantitative estimate of drug-likeness (QED) is 0.875. The lowest BCUT2D eigenvalue weighted by molar-refractivity contribution is -0.182. The zero-order valence-electron chi connectivity index (χ0n) is 12.2. The fraction of sp³-hybridized carbons (Fsp3) is 0.733. The van der Waals surface area contributed by atoms with Crippen molar-refractivity contribution >= 4 is 0 Å². The van der Waals surface area contributed by atoms with Crippen molar-refractivity contribution in [2.45, 2.75) is 64.7 Å². The molecule has 2 nitrogen and oxygen atoms in total.